The number of fused-ring (bicyclic) bond motifs is 2. The van der Waals surface area contributed by atoms with Crippen molar-refractivity contribution < 1.29 is 15.1 Å². The van der Waals surface area contributed by atoms with Crippen LogP contribution in [0.25, 0.3) is 0 Å². The largest absolute Gasteiger partial charge is 0.412 e. The lowest BCUT2D eigenvalue weighted by molar-refractivity contribution is -0.119. The molecule has 2 aliphatic heterocycles. The van der Waals surface area contributed by atoms with Crippen molar-refractivity contribution in [1.82, 2.24) is 9.80 Å². The molecule has 0 radical (unpaired) electrons. The molecule has 2 heterocycles. The van der Waals surface area contributed by atoms with Gasteiger partial charge in [-0.15, -0.1) is 24.8 Å². The van der Waals surface area contributed by atoms with Crippen molar-refractivity contribution in [1.29, 1.82) is 0 Å². The van der Waals surface area contributed by atoms with Gasteiger partial charge < -0.3 is 15.7 Å². The summed E-state index contributed by atoms with van der Waals surface area (Å²) < 4.78 is 0. The number of piperazine rings is 1. The Balaban J connectivity index is 0.00000150. The third-order valence-corrected chi connectivity index (χ3v) is 5.28. The highest BCUT2D eigenvalue weighted by Gasteiger charge is 2.30. The molecule has 1 fully saturated rings. The Morgan fingerprint density at radius 1 is 1.03 bits per heavy atom. The second-order valence-corrected chi connectivity index (χ2v) is 7.38. The third-order valence-electron chi connectivity index (χ3n) is 5.04. The lowest BCUT2D eigenvalue weighted by Gasteiger charge is -2.33. The van der Waals surface area contributed by atoms with Crippen LogP contribution >= 0.6 is 36.4 Å². The van der Waals surface area contributed by atoms with Crippen molar-refractivity contribution in [2.24, 2.45) is 0 Å². The van der Waals surface area contributed by atoms with Gasteiger partial charge in [0.1, 0.15) is 0 Å². The number of rotatable bonds is 2. The Morgan fingerprint density at radius 3 is 2.40 bits per heavy atom. The van der Waals surface area contributed by atoms with Crippen LogP contribution in [0.2, 0.25) is 5.02 Å². The molecular formula is C20H25Cl3N4O3. The Kier molecular flexibility index (Phi) is 9.55. The summed E-state index contributed by atoms with van der Waals surface area (Å²) in [7, 11) is 2.08. The summed E-state index contributed by atoms with van der Waals surface area (Å²) in [5, 5.41) is 3.38. The number of carbonyl (C=O) groups is 2. The van der Waals surface area contributed by atoms with Crippen LogP contribution in [-0.2, 0) is 4.79 Å². The van der Waals surface area contributed by atoms with Crippen molar-refractivity contribution in [3.05, 3.63) is 53.1 Å². The van der Waals surface area contributed by atoms with Gasteiger partial charge in [-0.05, 0) is 37.4 Å². The van der Waals surface area contributed by atoms with E-state index in [4.69, 9.17) is 11.6 Å². The molecule has 0 saturated carbocycles. The topological polar surface area (TPSA) is 87.4 Å². The number of carbonyl (C=O) groups excluding carboxylic acids is 2. The number of halogens is 3. The van der Waals surface area contributed by atoms with E-state index < -0.39 is 0 Å². The number of para-hydroxylation sites is 1. The standard InChI is InChI=1S/C20H21ClN4O2.2ClH.H2O/c1-23-8-10-24(11-9-23)13-19(26)25-17-5-3-2-4-15(17)20(27)22-16-12-14(21)6-7-18(16)25;;;/h2-7,12H,8-11,13H2,1H3,(H,22,27);2*1H;1H2. The van der Waals surface area contributed by atoms with Crippen molar-refractivity contribution in [2.45, 2.75) is 0 Å². The maximum Gasteiger partial charge on any atom is 0.257 e. The summed E-state index contributed by atoms with van der Waals surface area (Å²) in [6, 6.07) is 12.4. The number of anilines is 3. The Bertz CT molecular complexity index is 905. The molecule has 2 aromatic carbocycles. The number of amides is 2. The molecule has 4 rings (SSSR count). The van der Waals surface area contributed by atoms with E-state index in [0.29, 0.717) is 34.2 Å². The summed E-state index contributed by atoms with van der Waals surface area (Å²) in [4.78, 5) is 32.0. The molecule has 3 N–H and O–H groups in total. The molecule has 0 aromatic heterocycles. The summed E-state index contributed by atoms with van der Waals surface area (Å²) >= 11 is 6.12. The molecule has 2 aliphatic rings. The van der Waals surface area contributed by atoms with Gasteiger partial charge in [-0.2, -0.15) is 0 Å². The van der Waals surface area contributed by atoms with Gasteiger partial charge in [-0.3, -0.25) is 19.4 Å². The molecule has 1 saturated heterocycles. The molecule has 0 atom stereocenters. The van der Waals surface area contributed by atoms with Crippen molar-refractivity contribution in [2.75, 3.05) is 50.0 Å². The van der Waals surface area contributed by atoms with E-state index in [1.54, 1.807) is 41.3 Å². The second kappa shape index (κ2) is 10.9. The molecule has 0 spiro atoms. The zero-order valence-electron chi connectivity index (χ0n) is 16.4. The molecule has 0 unspecified atom stereocenters. The fraction of sp³-hybridized carbons (Fsp3) is 0.300. The fourth-order valence-electron chi connectivity index (χ4n) is 3.52. The third kappa shape index (κ3) is 5.24. The first-order valence-corrected chi connectivity index (χ1v) is 9.34. The van der Waals surface area contributed by atoms with Gasteiger partial charge in [0.25, 0.3) is 5.91 Å². The van der Waals surface area contributed by atoms with Crippen molar-refractivity contribution in [3.8, 4) is 0 Å². The number of nitrogens with one attached hydrogen (secondary N) is 1. The van der Waals surface area contributed by atoms with E-state index in [2.05, 4.69) is 22.2 Å². The molecule has 2 aromatic rings. The van der Waals surface area contributed by atoms with Crippen molar-refractivity contribution >= 4 is 65.3 Å². The fourth-order valence-corrected chi connectivity index (χ4v) is 3.69. The van der Waals surface area contributed by atoms with Crippen LogP contribution < -0.4 is 10.2 Å². The van der Waals surface area contributed by atoms with E-state index in [-0.39, 0.29) is 42.1 Å². The number of benzene rings is 2. The first-order chi connectivity index (χ1) is 13.0. The lowest BCUT2D eigenvalue weighted by Crippen LogP contribution is -2.48. The van der Waals surface area contributed by atoms with Gasteiger partial charge in [0.05, 0.1) is 29.2 Å². The van der Waals surface area contributed by atoms with E-state index in [0.717, 1.165) is 26.2 Å². The van der Waals surface area contributed by atoms with Crippen LogP contribution in [-0.4, -0.2) is 66.9 Å². The molecule has 0 bridgehead atoms. The normalized spacial score (nSPS) is 15.9. The molecule has 30 heavy (non-hydrogen) atoms. The van der Waals surface area contributed by atoms with Gasteiger partial charge in [0.15, 0.2) is 0 Å². The van der Waals surface area contributed by atoms with Gasteiger partial charge in [0, 0.05) is 31.2 Å². The summed E-state index contributed by atoms with van der Waals surface area (Å²) in [5.41, 5.74) is 2.24. The van der Waals surface area contributed by atoms with Gasteiger partial charge in [-0.1, -0.05) is 23.7 Å². The molecular weight excluding hydrogens is 451 g/mol. The maximum atomic E-state index is 13.3. The van der Waals surface area contributed by atoms with Gasteiger partial charge >= 0.3 is 0 Å². The van der Waals surface area contributed by atoms with Crippen LogP contribution in [0.3, 0.4) is 0 Å². The zero-order valence-corrected chi connectivity index (χ0v) is 18.8. The van der Waals surface area contributed by atoms with Crippen LogP contribution in [0.4, 0.5) is 17.1 Å². The first-order valence-electron chi connectivity index (χ1n) is 8.97. The first kappa shape index (κ1) is 26.2. The molecule has 10 heteroatoms. The summed E-state index contributed by atoms with van der Waals surface area (Å²) in [6.07, 6.45) is 0. The van der Waals surface area contributed by atoms with Gasteiger partial charge in [-0.25, -0.2) is 0 Å². The van der Waals surface area contributed by atoms with Crippen LogP contribution in [0, 0.1) is 0 Å². The van der Waals surface area contributed by atoms with Gasteiger partial charge in [0.2, 0.25) is 5.91 Å². The summed E-state index contributed by atoms with van der Waals surface area (Å²) in [6.45, 7) is 3.88. The average Bonchev–Trinajstić information content (AvgIpc) is 2.77. The van der Waals surface area contributed by atoms with Crippen LogP contribution in [0.15, 0.2) is 42.5 Å². The maximum absolute atomic E-state index is 13.3. The second-order valence-electron chi connectivity index (χ2n) is 6.94. The van der Waals surface area contributed by atoms with Crippen LogP contribution in [0.5, 0.6) is 0 Å². The molecule has 2 amide bonds. The van der Waals surface area contributed by atoms with Crippen LogP contribution in [0.1, 0.15) is 10.4 Å². The minimum absolute atomic E-state index is 0. The van der Waals surface area contributed by atoms with Crippen molar-refractivity contribution in [3.63, 3.8) is 0 Å². The highest BCUT2D eigenvalue weighted by molar-refractivity contribution is 6.31. The molecule has 0 aliphatic carbocycles. The quantitative estimate of drug-likeness (QED) is 0.723. The highest BCUT2D eigenvalue weighted by atomic mass is 35.5. The summed E-state index contributed by atoms with van der Waals surface area (Å²) in [5.74, 6) is -0.309. The predicted molar refractivity (Wildman–Crippen MR) is 125 cm³/mol. The number of hydrogen-bond donors (Lipinski definition) is 1. The average molecular weight is 476 g/mol. The SMILES string of the molecule is CN1CCN(CC(=O)N2c3ccc(Cl)cc3NC(=O)c3ccccc32)CC1.Cl.Cl.O. The Labute approximate surface area is 193 Å². The lowest BCUT2D eigenvalue weighted by atomic mass is 10.1. The number of hydrogen-bond acceptors (Lipinski definition) is 4. The monoisotopic (exact) mass is 474 g/mol. The van der Waals surface area contributed by atoms with E-state index in [9.17, 15) is 9.59 Å². The Morgan fingerprint density at radius 2 is 1.70 bits per heavy atom. The zero-order chi connectivity index (χ0) is 19.0. The van der Waals surface area contributed by atoms with E-state index in [1.807, 2.05) is 6.07 Å². The Hall–Kier alpha value is -1.87. The molecule has 164 valence electrons. The van der Waals surface area contributed by atoms with E-state index in [1.165, 1.54) is 0 Å². The minimum atomic E-state index is -0.246. The number of likely N-dealkylation sites (N-methyl/N-ethyl adjacent to an activating group) is 1. The molecule has 7 nitrogen and oxygen atoms in total. The van der Waals surface area contributed by atoms with E-state index >= 15 is 0 Å². The highest BCUT2D eigenvalue weighted by Crippen LogP contribution is 2.39. The smallest absolute Gasteiger partial charge is 0.257 e. The minimum Gasteiger partial charge on any atom is -0.412 e. The number of nitrogens with zero attached hydrogens (tertiary/aromatic N) is 3. The predicted octanol–water partition coefficient (Wildman–Crippen LogP) is 2.84.